The number of nitrogens with zero attached hydrogens (tertiary/aromatic N) is 5. The normalized spacial score (nSPS) is 17.6. The monoisotopic (exact) mass is 690 g/mol. The Balaban J connectivity index is 1.18. The molecule has 9 nitrogen and oxygen atoms in total. The minimum Gasteiger partial charge on any atom is -0.497 e. The van der Waals surface area contributed by atoms with Crippen LogP contribution in [0.15, 0.2) is 83.7 Å². The van der Waals surface area contributed by atoms with E-state index in [1.54, 1.807) is 18.9 Å². The molecule has 2 amide bonds. The standard InChI is InChI=1S/C36H37F3N6O3S/c1-22(2)29-17-16-28(47-4)20-32(29)45-23(3)18-19-49-35(45)42-34(46)41-31-7-5-6-30(31)24-8-10-25(11-9-24)33-40-21-44(43-33)26-12-14-27(15-13-26)48-36(37,38)39/h8-17,20-23H,5-7,18-19H2,1-4H3,(H,41,46)/b42-35-. The number of nitrogens with one attached hydrogen (secondary N) is 1. The summed E-state index contributed by atoms with van der Waals surface area (Å²) in [6, 6.07) is 19.0. The number of alkyl halides is 3. The number of hydrogen-bond acceptors (Lipinski definition) is 6. The number of methoxy groups -OCH3 is 1. The van der Waals surface area contributed by atoms with E-state index in [1.807, 2.05) is 36.4 Å². The molecule has 4 aromatic rings. The van der Waals surface area contributed by atoms with Crippen molar-refractivity contribution in [3.8, 4) is 28.6 Å². The molecule has 1 aliphatic heterocycles. The van der Waals surface area contributed by atoms with Gasteiger partial charge in [0.1, 0.15) is 17.8 Å². The van der Waals surface area contributed by atoms with Crippen molar-refractivity contribution in [1.29, 1.82) is 0 Å². The van der Waals surface area contributed by atoms with Gasteiger partial charge in [0.2, 0.25) is 0 Å². The first-order valence-corrected chi connectivity index (χ1v) is 17.1. The highest BCUT2D eigenvalue weighted by Crippen LogP contribution is 2.38. The molecule has 0 radical (unpaired) electrons. The maximum Gasteiger partial charge on any atom is 0.573 e. The van der Waals surface area contributed by atoms with Crippen LogP contribution in [-0.4, -0.2) is 51.2 Å². The fraction of sp³-hybridized carbons (Fsp3) is 0.333. The average molecular weight is 691 g/mol. The summed E-state index contributed by atoms with van der Waals surface area (Å²) in [6.07, 6.45) is 0.200. The van der Waals surface area contributed by atoms with Crippen LogP contribution in [0.2, 0.25) is 0 Å². The summed E-state index contributed by atoms with van der Waals surface area (Å²) in [5.74, 6) is 2.07. The number of aliphatic imine (C=N–C) groups is 1. The molecular weight excluding hydrogens is 653 g/mol. The second-order valence-corrected chi connectivity index (χ2v) is 13.3. The molecule has 2 aliphatic rings. The maximum atomic E-state index is 13.4. The Morgan fingerprint density at radius 1 is 1.02 bits per heavy atom. The van der Waals surface area contributed by atoms with Gasteiger partial charge in [0.15, 0.2) is 11.0 Å². The molecule has 1 saturated heterocycles. The number of halogens is 3. The maximum absolute atomic E-state index is 13.4. The van der Waals surface area contributed by atoms with Gasteiger partial charge in [-0.15, -0.1) is 18.3 Å². The molecule has 256 valence electrons. The number of carbonyl (C=O) groups excluding carboxylic acids is 1. The molecule has 0 saturated carbocycles. The van der Waals surface area contributed by atoms with Crippen LogP contribution in [0.25, 0.3) is 22.6 Å². The molecule has 1 fully saturated rings. The van der Waals surface area contributed by atoms with Crippen molar-refractivity contribution in [1.82, 2.24) is 20.1 Å². The molecule has 13 heteroatoms. The second-order valence-electron chi connectivity index (χ2n) is 12.2. The van der Waals surface area contributed by atoms with Gasteiger partial charge in [0.05, 0.1) is 18.5 Å². The number of thioether (sulfide) groups is 1. The number of aromatic nitrogens is 3. The molecule has 0 bridgehead atoms. The number of anilines is 1. The van der Waals surface area contributed by atoms with Gasteiger partial charge in [0, 0.05) is 29.1 Å². The largest absolute Gasteiger partial charge is 0.573 e. The van der Waals surface area contributed by atoms with E-state index < -0.39 is 12.4 Å². The molecule has 1 aromatic heterocycles. The van der Waals surface area contributed by atoms with E-state index in [-0.39, 0.29) is 17.7 Å². The predicted octanol–water partition coefficient (Wildman–Crippen LogP) is 8.96. The third kappa shape index (κ3) is 7.93. The number of allylic oxidation sites excluding steroid dienone is 2. The zero-order chi connectivity index (χ0) is 34.7. The van der Waals surface area contributed by atoms with Crippen molar-refractivity contribution >= 4 is 34.2 Å². The summed E-state index contributed by atoms with van der Waals surface area (Å²) >= 11 is 1.59. The Kier molecular flexibility index (Phi) is 10.00. The third-order valence-electron chi connectivity index (χ3n) is 8.52. The van der Waals surface area contributed by atoms with Gasteiger partial charge in [-0.1, -0.05) is 55.9 Å². The minimum absolute atomic E-state index is 0.163. The van der Waals surface area contributed by atoms with Crippen LogP contribution in [-0.2, 0) is 0 Å². The number of benzene rings is 3. The predicted molar refractivity (Wildman–Crippen MR) is 186 cm³/mol. The summed E-state index contributed by atoms with van der Waals surface area (Å²) in [5, 5.41) is 8.26. The molecule has 1 unspecified atom stereocenters. The average Bonchev–Trinajstić information content (AvgIpc) is 3.75. The SMILES string of the molecule is COc1ccc(C(C)C)c(N2/C(=N/C(=O)NC3=C(c4ccc(-c5ncn(-c6ccc(OC(F)(F)F)cc6)n5)cc4)CCC3)SCCC2C)c1. The fourth-order valence-electron chi connectivity index (χ4n) is 6.07. The lowest BCUT2D eigenvalue weighted by Gasteiger charge is -2.37. The zero-order valence-electron chi connectivity index (χ0n) is 27.6. The van der Waals surface area contributed by atoms with E-state index in [2.05, 4.69) is 56.9 Å². The minimum atomic E-state index is -4.76. The van der Waals surface area contributed by atoms with E-state index in [9.17, 15) is 18.0 Å². The van der Waals surface area contributed by atoms with Crippen LogP contribution >= 0.6 is 11.8 Å². The molecule has 0 spiro atoms. The van der Waals surface area contributed by atoms with E-state index in [4.69, 9.17) is 4.74 Å². The lowest BCUT2D eigenvalue weighted by Crippen LogP contribution is -2.42. The van der Waals surface area contributed by atoms with Gasteiger partial charge in [-0.25, -0.2) is 14.5 Å². The molecule has 1 aliphatic carbocycles. The number of ether oxygens (including phenoxy) is 2. The number of hydrogen-bond donors (Lipinski definition) is 1. The number of rotatable bonds is 8. The first-order chi connectivity index (χ1) is 23.5. The molecule has 49 heavy (non-hydrogen) atoms. The molecule has 2 heterocycles. The molecule has 3 aromatic carbocycles. The lowest BCUT2D eigenvalue weighted by atomic mass is 9.99. The van der Waals surface area contributed by atoms with E-state index in [0.717, 1.165) is 65.3 Å². The summed E-state index contributed by atoms with van der Waals surface area (Å²) < 4.78 is 48.5. The summed E-state index contributed by atoms with van der Waals surface area (Å²) in [5.41, 5.74) is 6.42. The molecule has 1 N–H and O–H groups in total. The summed E-state index contributed by atoms with van der Waals surface area (Å²) in [7, 11) is 1.65. The fourth-order valence-corrected chi connectivity index (χ4v) is 7.27. The van der Waals surface area contributed by atoms with Crippen molar-refractivity contribution in [2.24, 2.45) is 4.99 Å². The van der Waals surface area contributed by atoms with Gasteiger partial charge >= 0.3 is 12.4 Å². The van der Waals surface area contributed by atoms with Crippen molar-refractivity contribution < 1.29 is 27.4 Å². The first kappa shape index (κ1) is 34.1. The van der Waals surface area contributed by atoms with Gasteiger partial charge in [-0.05, 0) is 85.6 Å². The van der Waals surface area contributed by atoms with Crippen molar-refractivity contribution in [3.63, 3.8) is 0 Å². The smallest absolute Gasteiger partial charge is 0.497 e. The van der Waals surface area contributed by atoms with E-state index in [1.165, 1.54) is 40.8 Å². The number of amidine groups is 1. The Hall–Kier alpha value is -4.78. The second kappa shape index (κ2) is 14.4. The van der Waals surface area contributed by atoms with E-state index in [0.29, 0.717) is 16.7 Å². The van der Waals surface area contributed by atoms with Crippen molar-refractivity contribution in [2.75, 3.05) is 17.8 Å². The topological polar surface area (TPSA) is 93.9 Å². The number of urea groups is 1. The van der Waals surface area contributed by atoms with Crippen molar-refractivity contribution in [3.05, 3.63) is 89.9 Å². The van der Waals surface area contributed by atoms with Gasteiger partial charge in [-0.2, -0.15) is 4.99 Å². The summed E-state index contributed by atoms with van der Waals surface area (Å²) in [6.45, 7) is 6.47. The lowest BCUT2D eigenvalue weighted by molar-refractivity contribution is -0.274. The number of carbonyl (C=O) groups is 1. The molecular formula is C36H37F3N6O3S. The zero-order valence-corrected chi connectivity index (χ0v) is 28.4. The molecule has 6 rings (SSSR count). The molecule has 1 atom stereocenters. The highest BCUT2D eigenvalue weighted by molar-refractivity contribution is 8.14. The Morgan fingerprint density at radius 3 is 2.43 bits per heavy atom. The van der Waals surface area contributed by atoms with Gasteiger partial charge in [-0.3, -0.25) is 0 Å². The van der Waals surface area contributed by atoms with Crippen LogP contribution in [0.1, 0.15) is 63.5 Å². The number of amides is 2. The Labute approximate surface area is 287 Å². The quantitative estimate of drug-likeness (QED) is 0.197. The first-order valence-electron chi connectivity index (χ1n) is 16.1. The van der Waals surface area contributed by atoms with Gasteiger partial charge < -0.3 is 19.7 Å². The summed E-state index contributed by atoms with van der Waals surface area (Å²) in [4.78, 5) is 24.6. The van der Waals surface area contributed by atoms with Crippen LogP contribution in [0.4, 0.5) is 23.7 Å². The highest BCUT2D eigenvalue weighted by Gasteiger charge is 2.31. The van der Waals surface area contributed by atoms with Crippen LogP contribution in [0.5, 0.6) is 11.5 Å². The Bertz CT molecular complexity index is 1870. The van der Waals surface area contributed by atoms with Crippen molar-refractivity contribution in [2.45, 2.75) is 64.8 Å². The van der Waals surface area contributed by atoms with Crippen LogP contribution in [0.3, 0.4) is 0 Å². The Morgan fingerprint density at radius 2 is 1.73 bits per heavy atom. The third-order valence-corrected chi connectivity index (χ3v) is 9.51. The van der Waals surface area contributed by atoms with E-state index >= 15 is 0 Å². The van der Waals surface area contributed by atoms with Crippen LogP contribution in [0, 0.1) is 0 Å². The van der Waals surface area contributed by atoms with Gasteiger partial charge in [0.25, 0.3) is 0 Å². The highest BCUT2D eigenvalue weighted by atomic mass is 32.2. The van der Waals surface area contributed by atoms with Crippen LogP contribution < -0.4 is 19.7 Å².